The number of aryl methyl sites for hydroxylation is 1. The predicted octanol–water partition coefficient (Wildman–Crippen LogP) is 4.00. The first kappa shape index (κ1) is 18.5. The molecule has 0 fully saturated rings. The monoisotopic (exact) mass is 388 g/mol. The van der Waals surface area contributed by atoms with Gasteiger partial charge in [0.25, 0.3) is 5.91 Å². The maximum Gasteiger partial charge on any atom is 0.255 e. The van der Waals surface area contributed by atoms with Crippen LogP contribution in [0.25, 0.3) is 16.7 Å². The number of carbonyl (C=O) groups is 1. The standard InChI is InChI=1S/C22H20N4O3/c1-14-4-7-17(8-5-14)26-24-20-9-6-16(12-21(20)25-26)23-22(27)15-10-18(28-2)13-19(11-15)29-3/h4-13H,1-3H3,(H,23,27). The fraction of sp³-hybridized carbons (Fsp3) is 0.136. The van der Waals surface area contributed by atoms with Gasteiger partial charge in [-0.1, -0.05) is 17.7 Å². The van der Waals surface area contributed by atoms with Gasteiger partial charge < -0.3 is 14.8 Å². The highest BCUT2D eigenvalue weighted by atomic mass is 16.5. The molecule has 146 valence electrons. The van der Waals surface area contributed by atoms with Crippen molar-refractivity contribution >= 4 is 22.6 Å². The van der Waals surface area contributed by atoms with Gasteiger partial charge in [0.15, 0.2) is 0 Å². The molecule has 1 amide bonds. The highest BCUT2D eigenvalue weighted by Crippen LogP contribution is 2.24. The van der Waals surface area contributed by atoms with E-state index in [2.05, 4.69) is 15.5 Å². The second kappa shape index (κ2) is 7.63. The summed E-state index contributed by atoms with van der Waals surface area (Å²) in [4.78, 5) is 14.3. The number of ether oxygens (including phenoxy) is 2. The lowest BCUT2D eigenvalue weighted by Crippen LogP contribution is -2.12. The van der Waals surface area contributed by atoms with Gasteiger partial charge in [-0.15, -0.1) is 10.2 Å². The summed E-state index contributed by atoms with van der Waals surface area (Å²) in [5.74, 6) is 0.824. The van der Waals surface area contributed by atoms with E-state index in [-0.39, 0.29) is 5.91 Å². The summed E-state index contributed by atoms with van der Waals surface area (Å²) >= 11 is 0. The van der Waals surface area contributed by atoms with E-state index in [1.807, 2.05) is 37.3 Å². The second-order valence-electron chi connectivity index (χ2n) is 6.58. The van der Waals surface area contributed by atoms with Crippen molar-refractivity contribution in [2.24, 2.45) is 0 Å². The van der Waals surface area contributed by atoms with Crippen LogP contribution in [0.2, 0.25) is 0 Å². The maximum absolute atomic E-state index is 12.7. The van der Waals surface area contributed by atoms with Crippen LogP contribution in [-0.2, 0) is 0 Å². The number of nitrogens with one attached hydrogen (secondary N) is 1. The van der Waals surface area contributed by atoms with Crippen LogP contribution in [0.3, 0.4) is 0 Å². The molecule has 1 heterocycles. The number of aromatic nitrogens is 3. The predicted molar refractivity (Wildman–Crippen MR) is 111 cm³/mol. The molecule has 0 bridgehead atoms. The molecule has 7 nitrogen and oxygen atoms in total. The highest BCUT2D eigenvalue weighted by molar-refractivity contribution is 6.05. The third kappa shape index (κ3) is 3.89. The van der Waals surface area contributed by atoms with Crippen molar-refractivity contribution in [3.05, 3.63) is 71.8 Å². The summed E-state index contributed by atoms with van der Waals surface area (Å²) in [6, 6.07) is 18.4. The van der Waals surface area contributed by atoms with Gasteiger partial charge >= 0.3 is 0 Å². The molecule has 0 spiro atoms. The van der Waals surface area contributed by atoms with Gasteiger partial charge in [-0.25, -0.2) is 0 Å². The third-order valence-electron chi connectivity index (χ3n) is 4.52. The topological polar surface area (TPSA) is 78.3 Å². The highest BCUT2D eigenvalue weighted by Gasteiger charge is 2.12. The molecule has 0 aliphatic heterocycles. The molecule has 0 saturated carbocycles. The number of methoxy groups -OCH3 is 2. The van der Waals surface area contributed by atoms with Crippen molar-refractivity contribution in [2.75, 3.05) is 19.5 Å². The average molecular weight is 388 g/mol. The van der Waals surface area contributed by atoms with Crippen molar-refractivity contribution in [1.29, 1.82) is 0 Å². The molecule has 0 unspecified atom stereocenters. The second-order valence-corrected chi connectivity index (χ2v) is 6.58. The molecule has 0 atom stereocenters. The summed E-state index contributed by atoms with van der Waals surface area (Å²) in [6.45, 7) is 2.03. The number of anilines is 1. The Labute approximate surface area is 167 Å². The van der Waals surface area contributed by atoms with Gasteiger partial charge in [0.1, 0.15) is 22.5 Å². The summed E-state index contributed by atoms with van der Waals surface area (Å²) in [6.07, 6.45) is 0. The Morgan fingerprint density at radius 2 is 1.52 bits per heavy atom. The Morgan fingerprint density at radius 3 is 2.17 bits per heavy atom. The number of hydrogen-bond acceptors (Lipinski definition) is 5. The Bertz CT molecular complexity index is 1160. The molecular weight excluding hydrogens is 368 g/mol. The van der Waals surface area contributed by atoms with Crippen LogP contribution in [0.1, 0.15) is 15.9 Å². The molecule has 0 aliphatic carbocycles. The lowest BCUT2D eigenvalue weighted by Gasteiger charge is -2.09. The minimum Gasteiger partial charge on any atom is -0.497 e. The fourth-order valence-electron chi connectivity index (χ4n) is 2.93. The first-order chi connectivity index (χ1) is 14.1. The zero-order valence-electron chi connectivity index (χ0n) is 16.3. The molecule has 4 aromatic rings. The molecule has 3 aromatic carbocycles. The average Bonchev–Trinajstić information content (AvgIpc) is 3.17. The minimum atomic E-state index is -0.271. The van der Waals surface area contributed by atoms with Crippen LogP contribution in [0.5, 0.6) is 11.5 Å². The molecule has 0 saturated heterocycles. The van der Waals surface area contributed by atoms with Crippen LogP contribution >= 0.6 is 0 Å². The van der Waals surface area contributed by atoms with E-state index < -0.39 is 0 Å². The first-order valence-corrected chi connectivity index (χ1v) is 9.04. The summed E-state index contributed by atoms with van der Waals surface area (Å²) in [5.41, 5.74) is 4.54. The van der Waals surface area contributed by atoms with E-state index in [1.54, 1.807) is 49.3 Å². The zero-order chi connectivity index (χ0) is 20.4. The number of fused-ring (bicyclic) bond motifs is 1. The first-order valence-electron chi connectivity index (χ1n) is 9.04. The summed E-state index contributed by atoms with van der Waals surface area (Å²) in [7, 11) is 3.09. The van der Waals surface area contributed by atoms with E-state index in [9.17, 15) is 4.79 Å². The Balaban J connectivity index is 1.60. The van der Waals surface area contributed by atoms with Crippen LogP contribution in [-0.4, -0.2) is 35.1 Å². The van der Waals surface area contributed by atoms with Crippen LogP contribution in [0, 0.1) is 6.92 Å². The largest absolute Gasteiger partial charge is 0.497 e. The van der Waals surface area contributed by atoms with Gasteiger partial charge in [-0.3, -0.25) is 4.79 Å². The van der Waals surface area contributed by atoms with Gasteiger partial charge in [0.2, 0.25) is 0 Å². The molecule has 0 radical (unpaired) electrons. The van der Waals surface area contributed by atoms with E-state index in [0.717, 1.165) is 11.2 Å². The Hall–Kier alpha value is -3.87. The lowest BCUT2D eigenvalue weighted by molar-refractivity contribution is 0.102. The number of amides is 1. The quantitative estimate of drug-likeness (QED) is 0.559. The SMILES string of the molecule is COc1cc(OC)cc(C(=O)Nc2ccc3nn(-c4ccc(C)cc4)nc3c2)c1. The molecular formula is C22H20N4O3. The Kier molecular flexibility index (Phi) is 4.87. The van der Waals surface area contributed by atoms with E-state index in [4.69, 9.17) is 9.47 Å². The Morgan fingerprint density at radius 1 is 0.862 bits per heavy atom. The summed E-state index contributed by atoms with van der Waals surface area (Å²) < 4.78 is 10.5. The lowest BCUT2D eigenvalue weighted by atomic mass is 10.1. The van der Waals surface area contributed by atoms with E-state index in [0.29, 0.717) is 28.3 Å². The van der Waals surface area contributed by atoms with E-state index >= 15 is 0 Å². The molecule has 7 heteroatoms. The normalized spacial score (nSPS) is 10.7. The van der Waals surface area contributed by atoms with Crippen molar-refractivity contribution in [3.63, 3.8) is 0 Å². The molecule has 1 N–H and O–H groups in total. The van der Waals surface area contributed by atoms with Crippen molar-refractivity contribution in [2.45, 2.75) is 6.92 Å². The number of carbonyl (C=O) groups excluding carboxylic acids is 1. The van der Waals surface area contributed by atoms with E-state index in [1.165, 1.54) is 5.56 Å². The van der Waals surface area contributed by atoms with Crippen LogP contribution < -0.4 is 14.8 Å². The smallest absolute Gasteiger partial charge is 0.255 e. The number of hydrogen-bond donors (Lipinski definition) is 1. The molecule has 0 aliphatic rings. The fourth-order valence-corrected chi connectivity index (χ4v) is 2.93. The third-order valence-corrected chi connectivity index (χ3v) is 4.52. The van der Waals surface area contributed by atoms with Gasteiger partial charge in [0.05, 0.1) is 19.9 Å². The van der Waals surface area contributed by atoms with Gasteiger partial charge in [-0.05, 0) is 49.4 Å². The van der Waals surface area contributed by atoms with Crippen molar-refractivity contribution in [1.82, 2.24) is 15.0 Å². The van der Waals surface area contributed by atoms with Crippen molar-refractivity contribution in [3.8, 4) is 17.2 Å². The summed E-state index contributed by atoms with van der Waals surface area (Å²) in [5, 5.41) is 11.9. The van der Waals surface area contributed by atoms with Gasteiger partial charge in [-0.2, -0.15) is 4.80 Å². The number of rotatable bonds is 5. The molecule has 4 rings (SSSR count). The van der Waals surface area contributed by atoms with Crippen LogP contribution in [0.4, 0.5) is 5.69 Å². The number of nitrogens with zero attached hydrogens (tertiary/aromatic N) is 3. The molecule has 29 heavy (non-hydrogen) atoms. The number of benzene rings is 3. The minimum absolute atomic E-state index is 0.271. The van der Waals surface area contributed by atoms with Gasteiger partial charge in [0, 0.05) is 17.3 Å². The zero-order valence-corrected chi connectivity index (χ0v) is 16.3. The maximum atomic E-state index is 12.7. The van der Waals surface area contributed by atoms with Crippen molar-refractivity contribution < 1.29 is 14.3 Å². The van der Waals surface area contributed by atoms with Crippen LogP contribution in [0.15, 0.2) is 60.7 Å². The molecule has 1 aromatic heterocycles.